The van der Waals surface area contributed by atoms with Crippen molar-refractivity contribution in [2.45, 2.75) is 6.92 Å². The van der Waals surface area contributed by atoms with Crippen LogP contribution in [-0.4, -0.2) is 25.3 Å². The monoisotopic (exact) mass is 383 g/mol. The van der Waals surface area contributed by atoms with Crippen LogP contribution in [0.5, 0.6) is 5.75 Å². The number of carbonyl (C=O) groups excluding carboxylic acids is 1. The maximum atomic E-state index is 13.5. The highest BCUT2D eigenvalue weighted by Gasteiger charge is 2.10. The lowest BCUT2D eigenvalue weighted by molar-refractivity contribution is -0.119. The third kappa shape index (κ3) is 5.34. The first-order chi connectivity index (χ1) is 11.9. The molecule has 0 spiro atoms. The zero-order valence-electron chi connectivity index (χ0n) is 13.6. The van der Waals surface area contributed by atoms with Crippen LogP contribution < -0.4 is 15.5 Å². The van der Waals surface area contributed by atoms with Crippen LogP contribution in [0.1, 0.15) is 12.5 Å². The van der Waals surface area contributed by atoms with Crippen molar-refractivity contribution in [1.82, 2.24) is 5.43 Å². The minimum absolute atomic E-state index is 0.00661. The number of nitrogens with one attached hydrogen (secondary N) is 2. The van der Waals surface area contributed by atoms with Gasteiger partial charge in [-0.15, -0.1) is 0 Å². The number of hydrazone groups is 1. The van der Waals surface area contributed by atoms with Crippen molar-refractivity contribution in [2.24, 2.45) is 5.10 Å². The molecule has 0 aliphatic carbocycles. The number of benzene rings is 2. The predicted octanol–water partition coefficient (Wildman–Crippen LogP) is 4.09. The largest absolute Gasteiger partial charge is 0.497 e. The molecular weight excluding hydrogens is 368 g/mol. The molecule has 0 fully saturated rings. The third-order valence-electron chi connectivity index (χ3n) is 3.27. The van der Waals surface area contributed by atoms with Gasteiger partial charge in [-0.3, -0.25) is 4.79 Å². The second-order valence-corrected chi connectivity index (χ2v) is 5.88. The van der Waals surface area contributed by atoms with Crippen molar-refractivity contribution in [3.05, 3.63) is 57.8 Å². The first-order valence-electron chi connectivity index (χ1n) is 7.26. The average Bonchev–Trinajstić information content (AvgIpc) is 2.61. The van der Waals surface area contributed by atoms with Gasteiger partial charge in [0, 0.05) is 17.3 Å². The van der Waals surface area contributed by atoms with Crippen LogP contribution >= 0.6 is 23.2 Å². The van der Waals surface area contributed by atoms with E-state index in [1.54, 1.807) is 38.3 Å². The molecular formula is C17H16Cl2FN3O2. The Kier molecular flexibility index (Phi) is 6.61. The summed E-state index contributed by atoms with van der Waals surface area (Å²) in [6, 6.07) is 9.63. The van der Waals surface area contributed by atoms with Gasteiger partial charge in [0.25, 0.3) is 5.91 Å². The van der Waals surface area contributed by atoms with E-state index in [4.69, 9.17) is 27.9 Å². The molecule has 2 N–H and O–H groups in total. The van der Waals surface area contributed by atoms with Crippen molar-refractivity contribution in [2.75, 3.05) is 19.0 Å². The molecule has 0 radical (unpaired) electrons. The van der Waals surface area contributed by atoms with E-state index in [0.29, 0.717) is 17.0 Å². The molecule has 0 aliphatic heterocycles. The smallest absolute Gasteiger partial charge is 0.259 e. The summed E-state index contributed by atoms with van der Waals surface area (Å²) in [4.78, 5) is 11.9. The molecule has 5 nitrogen and oxygen atoms in total. The van der Waals surface area contributed by atoms with E-state index < -0.39 is 5.82 Å². The Balaban J connectivity index is 1.96. The lowest BCUT2D eigenvalue weighted by Gasteiger charge is -2.08. The van der Waals surface area contributed by atoms with E-state index in [1.165, 1.54) is 12.1 Å². The van der Waals surface area contributed by atoms with Crippen LogP contribution in [0.2, 0.25) is 10.0 Å². The van der Waals surface area contributed by atoms with Gasteiger partial charge in [0.1, 0.15) is 11.6 Å². The second-order valence-electron chi connectivity index (χ2n) is 5.06. The van der Waals surface area contributed by atoms with Crippen LogP contribution in [0.25, 0.3) is 0 Å². The molecule has 25 heavy (non-hydrogen) atoms. The summed E-state index contributed by atoms with van der Waals surface area (Å²) in [5.41, 5.74) is 3.82. The van der Waals surface area contributed by atoms with Crippen LogP contribution in [0.15, 0.2) is 41.5 Å². The second kappa shape index (κ2) is 8.69. The number of carbonyl (C=O) groups is 1. The number of amides is 1. The quantitative estimate of drug-likeness (QED) is 0.448. The van der Waals surface area contributed by atoms with Crippen molar-refractivity contribution in [3.8, 4) is 5.75 Å². The molecule has 2 aromatic carbocycles. The number of ether oxygens (including phenoxy) is 1. The molecule has 1 amide bonds. The van der Waals surface area contributed by atoms with Crippen LogP contribution in [0.3, 0.4) is 0 Å². The van der Waals surface area contributed by atoms with Crippen molar-refractivity contribution >= 4 is 40.5 Å². The van der Waals surface area contributed by atoms with Crippen LogP contribution in [0.4, 0.5) is 10.1 Å². The number of hydrogen-bond donors (Lipinski definition) is 2. The topological polar surface area (TPSA) is 62.7 Å². The summed E-state index contributed by atoms with van der Waals surface area (Å²) in [5, 5.41) is 7.05. The van der Waals surface area contributed by atoms with Crippen molar-refractivity contribution in [1.29, 1.82) is 0 Å². The fourth-order valence-corrected chi connectivity index (χ4v) is 2.48. The third-order valence-corrected chi connectivity index (χ3v) is 3.87. The average molecular weight is 384 g/mol. The number of halogens is 3. The van der Waals surface area contributed by atoms with Gasteiger partial charge in [-0.25, -0.2) is 9.82 Å². The molecule has 8 heteroatoms. The van der Waals surface area contributed by atoms with Crippen LogP contribution in [0, 0.1) is 5.82 Å². The summed E-state index contributed by atoms with van der Waals surface area (Å²) < 4.78 is 18.6. The summed E-state index contributed by atoms with van der Waals surface area (Å²) in [7, 11) is 1.56. The number of hydrogen-bond acceptors (Lipinski definition) is 4. The molecule has 0 heterocycles. The van der Waals surface area contributed by atoms with Gasteiger partial charge in [-0.1, -0.05) is 29.3 Å². The molecule has 2 rings (SSSR count). The number of nitrogens with zero attached hydrogens (tertiary/aromatic N) is 1. The van der Waals surface area contributed by atoms with E-state index >= 15 is 0 Å². The Morgan fingerprint density at radius 3 is 2.72 bits per heavy atom. The van der Waals surface area contributed by atoms with Gasteiger partial charge >= 0.3 is 0 Å². The predicted molar refractivity (Wildman–Crippen MR) is 98.3 cm³/mol. The van der Waals surface area contributed by atoms with Gasteiger partial charge < -0.3 is 10.1 Å². The molecule has 2 aromatic rings. The van der Waals surface area contributed by atoms with Gasteiger partial charge in [0.05, 0.1) is 29.4 Å². The summed E-state index contributed by atoms with van der Waals surface area (Å²) >= 11 is 11.7. The summed E-state index contributed by atoms with van der Waals surface area (Å²) in [6.45, 7) is 1.61. The van der Waals surface area contributed by atoms with E-state index in [2.05, 4.69) is 15.8 Å². The van der Waals surface area contributed by atoms with Gasteiger partial charge in [0.2, 0.25) is 0 Å². The molecule has 0 aromatic heterocycles. The normalized spacial score (nSPS) is 11.2. The van der Waals surface area contributed by atoms with E-state index in [1.807, 2.05) is 0 Å². The Morgan fingerprint density at radius 2 is 2.00 bits per heavy atom. The first kappa shape index (κ1) is 19.0. The van der Waals surface area contributed by atoms with Crippen LogP contribution in [-0.2, 0) is 4.79 Å². The Bertz CT molecular complexity index is 812. The van der Waals surface area contributed by atoms with Crippen molar-refractivity contribution in [3.63, 3.8) is 0 Å². The molecule has 0 unspecified atom stereocenters. The minimum atomic E-state index is -0.610. The summed E-state index contributed by atoms with van der Waals surface area (Å²) in [6.07, 6.45) is 0. The molecule has 0 saturated carbocycles. The fraction of sp³-hybridized carbons (Fsp3) is 0.176. The highest BCUT2D eigenvalue weighted by Crippen LogP contribution is 2.24. The zero-order chi connectivity index (χ0) is 18.4. The number of rotatable bonds is 6. The van der Waals surface area contributed by atoms with E-state index in [-0.39, 0.29) is 22.5 Å². The maximum absolute atomic E-state index is 13.5. The van der Waals surface area contributed by atoms with Gasteiger partial charge in [-0.2, -0.15) is 5.10 Å². The van der Waals surface area contributed by atoms with E-state index in [0.717, 1.165) is 5.69 Å². The molecule has 0 atom stereocenters. The molecule has 0 saturated heterocycles. The van der Waals surface area contributed by atoms with Crippen molar-refractivity contribution < 1.29 is 13.9 Å². The minimum Gasteiger partial charge on any atom is -0.497 e. The molecule has 0 aliphatic rings. The number of methoxy groups -OCH3 is 1. The Labute approximate surface area is 154 Å². The number of anilines is 1. The lowest BCUT2D eigenvalue weighted by Crippen LogP contribution is -2.26. The standard InChI is InChI=1S/C17H16Cl2FN3O2/c1-10(13-7-16(20)15(19)8-14(13)18)22-23-17(24)9-21-11-4-3-5-12(6-11)25-2/h3-8,21H,9H2,1-2H3,(H,23,24)/b22-10-. The zero-order valence-corrected chi connectivity index (χ0v) is 15.1. The first-order valence-corrected chi connectivity index (χ1v) is 8.02. The molecule has 132 valence electrons. The highest BCUT2D eigenvalue weighted by molar-refractivity contribution is 6.37. The summed E-state index contributed by atoms with van der Waals surface area (Å²) in [5.74, 6) is -0.298. The SMILES string of the molecule is COc1cccc(NCC(=O)N/N=C(/C)c2cc(F)c(Cl)cc2Cl)c1. The van der Waals surface area contributed by atoms with Gasteiger partial charge in [0.15, 0.2) is 0 Å². The van der Waals surface area contributed by atoms with Gasteiger partial charge in [-0.05, 0) is 31.2 Å². The Morgan fingerprint density at radius 1 is 1.24 bits per heavy atom. The molecule has 0 bridgehead atoms. The highest BCUT2D eigenvalue weighted by atomic mass is 35.5. The fourth-order valence-electron chi connectivity index (χ4n) is 1.96. The lowest BCUT2D eigenvalue weighted by atomic mass is 10.1. The van der Waals surface area contributed by atoms with E-state index in [9.17, 15) is 9.18 Å². The Hall–Kier alpha value is -2.31. The maximum Gasteiger partial charge on any atom is 0.259 e.